The Hall–Kier alpha value is -1.07. The molecule has 1 aliphatic heterocycles. The number of rotatable bonds is 2. The fourth-order valence-electron chi connectivity index (χ4n) is 2.41. The Kier molecular flexibility index (Phi) is 3.92. The zero-order valence-electron chi connectivity index (χ0n) is 10.2. The Labute approximate surface area is 104 Å². The number of hydrogen-bond acceptors (Lipinski definition) is 2. The lowest BCUT2D eigenvalue weighted by Crippen LogP contribution is -2.39. The van der Waals surface area contributed by atoms with Crippen molar-refractivity contribution in [2.45, 2.75) is 31.3 Å². The lowest BCUT2D eigenvalue weighted by molar-refractivity contribution is -0.347. The molecule has 2 nitrogen and oxygen atoms in total. The van der Waals surface area contributed by atoms with Crippen molar-refractivity contribution in [1.82, 2.24) is 4.90 Å². The predicted molar refractivity (Wildman–Crippen MR) is 62.0 cm³/mol. The van der Waals surface area contributed by atoms with Gasteiger partial charge in [0.05, 0.1) is 6.10 Å². The van der Waals surface area contributed by atoms with Crippen molar-refractivity contribution in [1.29, 1.82) is 0 Å². The van der Waals surface area contributed by atoms with Gasteiger partial charge in [-0.15, -0.1) is 13.2 Å². The lowest BCUT2D eigenvalue weighted by Gasteiger charge is -2.37. The standard InChI is InChI=1S/C13H16F3NO/c1-17-8-7-11(18-13(14,15)16)9-12(17)10-5-3-2-4-6-10/h2-6,11-12H,7-9H2,1H3/t11-,12-/m0/s1. The molecule has 1 fully saturated rings. The summed E-state index contributed by atoms with van der Waals surface area (Å²) in [6, 6.07) is 9.58. The van der Waals surface area contributed by atoms with Crippen molar-refractivity contribution >= 4 is 0 Å². The first-order valence-electron chi connectivity index (χ1n) is 5.95. The van der Waals surface area contributed by atoms with Crippen molar-refractivity contribution in [3.63, 3.8) is 0 Å². The topological polar surface area (TPSA) is 12.5 Å². The van der Waals surface area contributed by atoms with E-state index in [1.165, 1.54) is 0 Å². The van der Waals surface area contributed by atoms with Crippen molar-refractivity contribution < 1.29 is 17.9 Å². The largest absolute Gasteiger partial charge is 0.522 e. The van der Waals surface area contributed by atoms with Gasteiger partial charge in [0.1, 0.15) is 0 Å². The molecule has 1 aromatic rings. The Morgan fingerprint density at radius 1 is 1.22 bits per heavy atom. The Morgan fingerprint density at radius 3 is 2.50 bits per heavy atom. The number of ether oxygens (including phenoxy) is 1. The first-order chi connectivity index (χ1) is 8.46. The quantitative estimate of drug-likeness (QED) is 0.807. The molecular weight excluding hydrogens is 243 g/mol. The van der Waals surface area contributed by atoms with Gasteiger partial charge in [-0.25, -0.2) is 0 Å². The molecule has 2 rings (SSSR count). The highest BCUT2D eigenvalue weighted by molar-refractivity contribution is 5.19. The van der Waals surface area contributed by atoms with Gasteiger partial charge in [-0.2, -0.15) is 0 Å². The maximum Gasteiger partial charge on any atom is 0.522 e. The number of halogens is 3. The van der Waals surface area contributed by atoms with Gasteiger partial charge in [0.15, 0.2) is 0 Å². The van der Waals surface area contributed by atoms with Crippen molar-refractivity contribution in [2.24, 2.45) is 0 Å². The zero-order chi connectivity index (χ0) is 13.2. The minimum atomic E-state index is -4.54. The van der Waals surface area contributed by atoms with E-state index in [0.29, 0.717) is 19.4 Å². The number of nitrogens with zero attached hydrogens (tertiary/aromatic N) is 1. The molecular formula is C13H16F3NO. The smallest absolute Gasteiger partial charge is 0.299 e. The van der Waals surface area contributed by atoms with Crippen molar-refractivity contribution in [2.75, 3.05) is 13.6 Å². The van der Waals surface area contributed by atoms with Gasteiger partial charge in [0, 0.05) is 12.6 Å². The molecule has 0 radical (unpaired) electrons. The van der Waals surface area contributed by atoms with Gasteiger partial charge >= 0.3 is 6.36 Å². The second kappa shape index (κ2) is 5.28. The summed E-state index contributed by atoms with van der Waals surface area (Å²) in [5.41, 5.74) is 1.04. The molecule has 1 aliphatic rings. The summed E-state index contributed by atoms with van der Waals surface area (Å²) in [6.07, 6.45) is -4.49. The van der Waals surface area contributed by atoms with Crippen LogP contribution in [0.4, 0.5) is 13.2 Å². The second-order valence-corrected chi connectivity index (χ2v) is 4.62. The lowest BCUT2D eigenvalue weighted by atomic mass is 9.94. The number of likely N-dealkylation sites (tertiary alicyclic amines) is 1. The summed E-state index contributed by atoms with van der Waals surface area (Å²) in [5.74, 6) is 0. The minimum absolute atomic E-state index is 0.00713. The van der Waals surface area contributed by atoms with Gasteiger partial charge in [0.2, 0.25) is 0 Å². The van der Waals surface area contributed by atoms with Crippen LogP contribution in [0.25, 0.3) is 0 Å². The third-order valence-electron chi connectivity index (χ3n) is 3.31. The molecule has 0 aromatic heterocycles. The van der Waals surface area contributed by atoms with Gasteiger partial charge in [-0.3, -0.25) is 9.64 Å². The van der Waals surface area contributed by atoms with Crippen LogP contribution < -0.4 is 0 Å². The molecule has 1 saturated heterocycles. The summed E-state index contributed by atoms with van der Waals surface area (Å²) in [5, 5.41) is 0. The average Bonchev–Trinajstić information content (AvgIpc) is 2.31. The van der Waals surface area contributed by atoms with E-state index in [-0.39, 0.29) is 6.04 Å². The predicted octanol–water partition coefficient (Wildman–Crippen LogP) is 3.36. The first kappa shape index (κ1) is 13.4. The van der Waals surface area contributed by atoms with E-state index < -0.39 is 12.5 Å². The number of alkyl halides is 3. The van der Waals surface area contributed by atoms with Crippen LogP contribution in [0.2, 0.25) is 0 Å². The van der Waals surface area contributed by atoms with E-state index in [1.807, 2.05) is 37.4 Å². The molecule has 18 heavy (non-hydrogen) atoms. The van der Waals surface area contributed by atoms with Crippen LogP contribution in [0.5, 0.6) is 0 Å². The SMILES string of the molecule is CN1CC[C@H](OC(F)(F)F)C[C@H]1c1ccccc1. The molecule has 100 valence electrons. The van der Waals surface area contributed by atoms with Crippen LogP contribution in [0.1, 0.15) is 24.4 Å². The zero-order valence-corrected chi connectivity index (χ0v) is 10.2. The number of piperidine rings is 1. The highest BCUT2D eigenvalue weighted by Crippen LogP contribution is 2.33. The van der Waals surface area contributed by atoms with E-state index in [9.17, 15) is 13.2 Å². The van der Waals surface area contributed by atoms with Crippen LogP contribution in [0.3, 0.4) is 0 Å². The van der Waals surface area contributed by atoms with Crippen molar-refractivity contribution in [3.8, 4) is 0 Å². The van der Waals surface area contributed by atoms with Crippen LogP contribution in [-0.4, -0.2) is 31.0 Å². The van der Waals surface area contributed by atoms with Gasteiger partial charge in [-0.1, -0.05) is 30.3 Å². The normalized spacial score (nSPS) is 26.2. The molecule has 1 heterocycles. The van der Waals surface area contributed by atoms with E-state index in [2.05, 4.69) is 9.64 Å². The van der Waals surface area contributed by atoms with E-state index in [1.54, 1.807) is 0 Å². The summed E-state index contributed by atoms with van der Waals surface area (Å²) in [6.45, 7) is 0.611. The third-order valence-corrected chi connectivity index (χ3v) is 3.31. The van der Waals surface area contributed by atoms with Crippen molar-refractivity contribution in [3.05, 3.63) is 35.9 Å². The summed E-state index contributed by atoms with van der Waals surface area (Å²) < 4.78 is 40.8. The maximum atomic E-state index is 12.2. The maximum absolute atomic E-state index is 12.2. The Bertz CT molecular complexity index is 380. The fourth-order valence-corrected chi connectivity index (χ4v) is 2.41. The molecule has 0 amide bonds. The number of benzene rings is 1. The van der Waals surface area contributed by atoms with E-state index in [0.717, 1.165) is 5.56 Å². The molecule has 5 heteroatoms. The summed E-state index contributed by atoms with van der Waals surface area (Å²) in [4.78, 5) is 2.07. The third kappa shape index (κ3) is 3.46. The van der Waals surface area contributed by atoms with Gasteiger partial charge in [-0.05, 0) is 25.5 Å². The number of hydrogen-bond donors (Lipinski definition) is 0. The summed E-state index contributed by atoms with van der Waals surface area (Å²) >= 11 is 0. The molecule has 0 N–H and O–H groups in total. The monoisotopic (exact) mass is 259 g/mol. The second-order valence-electron chi connectivity index (χ2n) is 4.62. The molecule has 1 aromatic carbocycles. The Morgan fingerprint density at radius 2 is 1.89 bits per heavy atom. The molecule has 0 spiro atoms. The molecule has 0 saturated carbocycles. The summed E-state index contributed by atoms with van der Waals surface area (Å²) in [7, 11) is 1.93. The van der Waals surface area contributed by atoms with Crippen LogP contribution >= 0.6 is 0 Å². The molecule has 0 aliphatic carbocycles. The van der Waals surface area contributed by atoms with Gasteiger partial charge in [0.25, 0.3) is 0 Å². The van der Waals surface area contributed by atoms with E-state index in [4.69, 9.17) is 0 Å². The van der Waals surface area contributed by atoms with Crippen LogP contribution in [-0.2, 0) is 4.74 Å². The van der Waals surface area contributed by atoms with Crippen LogP contribution in [0, 0.1) is 0 Å². The highest BCUT2D eigenvalue weighted by Gasteiger charge is 2.37. The minimum Gasteiger partial charge on any atom is -0.299 e. The van der Waals surface area contributed by atoms with Crippen LogP contribution in [0.15, 0.2) is 30.3 Å². The molecule has 2 atom stereocenters. The Balaban J connectivity index is 2.06. The molecule has 0 bridgehead atoms. The van der Waals surface area contributed by atoms with E-state index >= 15 is 0 Å². The highest BCUT2D eigenvalue weighted by atomic mass is 19.4. The fraction of sp³-hybridized carbons (Fsp3) is 0.538. The average molecular weight is 259 g/mol. The van der Waals surface area contributed by atoms with Gasteiger partial charge < -0.3 is 0 Å². The first-order valence-corrected chi connectivity index (χ1v) is 5.95. The molecule has 0 unspecified atom stereocenters.